The highest BCUT2D eigenvalue weighted by Gasteiger charge is 2.25. The summed E-state index contributed by atoms with van der Waals surface area (Å²) >= 11 is 0. The highest BCUT2D eigenvalue weighted by molar-refractivity contribution is 5.85. The van der Waals surface area contributed by atoms with Gasteiger partial charge in [0, 0.05) is 25.4 Å². The van der Waals surface area contributed by atoms with E-state index in [1.165, 1.54) is 89.9 Å². The van der Waals surface area contributed by atoms with E-state index < -0.39 is 0 Å². The molecule has 32 heavy (non-hydrogen) atoms. The minimum Gasteiger partial charge on any atom is -0.370 e. The molecular formula is C28H56N2O2. The molecular weight excluding hydrogens is 396 g/mol. The van der Waals surface area contributed by atoms with Crippen LogP contribution in [0, 0.1) is 5.92 Å². The van der Waals surface area contributed by atoms with Crippen molar-refractivity contribution in [3.8, 4) is 0 Å². The van der Waals surface area contributed by atoms with Crippen molar-refractivity contribution in [3.63, 3.8) is 0 Å². The molecule has 1 atom stereocenters. The standard InChI is InChI=1S/C28H56N2O2/c1-4-7-10-13-14-15-16-17-18-19-22-26(25-27(29)31)28(32)30(23-20-11-8-5-2)24-21-12-9-6-3/h26H,4-25H2,1-3H3,(H2,29,31). The summed E-state index contributed by atoms with van der Waals surface area (Å²) in [6.07, 6.45) is 23.2. The quantitative estimate of drug-likeness (QED) is 0.152. The molecule has 0 spiro atoms. The van der Waals surface area contributed by atoms with Crippen LogP contribution in [0.25, 0.3) is 0 Å². The molecule has 0 saturated carbocycles. The van der Waals surface area contributed by atoms with Crippen molar-refractivity contribution in [2.24, 2.45) is 11.7 Å². The highest BCUT2D eigenvalue weighted by Crippen LogP contribution is 2.20. The Hall–Kier alpha value is -1.06. The van der Waals surface area contributed by atoms with E-state index in [1.54, 1.807) is 0 Å². The molecule has 1 unspecified atom stereocenters. The minimum absolute atomic E-state index is 0.174. The molecule has 0 aliphatic heterocycles. The van der Waals surface area contributed by atoms with Crippen molar-refractivity contribution in [2.45, 2.75) is 149 Å². The van der Waals surface area contributed by atoms with Gasteiger partial charge in [0.15, 0.2) is 0 Å². The van der Waals surface area contributed by atoms with Gasteiger partial charge >= 0.3 is 0 Å². The van der Waals surface area contributed by atoms with Gasteiger partial charge < -0.3 is 10.6 Å². The van der Waals surface area contributed by atoms with Gasteiger partial charge in [0.25, 0.3) is 0 Å². The monoisotopic (exact) mass is 452 g/mol. The summed E-state index contributed by atoms with van der Waals surface area (Å²) < 4.78 is 0. The van der Waals surface area contributed by atoms with Crippen molar-refractivity contribution in [2.75, 3.05) is 13.1 Å². The number of primary amides is 1. The number of amides is 2. The molecule has 4 heteroatoms. The number of hydrogen-bond donors (Lipinski definition) is 1. The van der Waals surface area contributed by atoms with Gasteiger partial charge in [0.1, 0.15) is 0 Å². The first-order chi connectivity index (χ1) is 15.6. The van der Waals surface area contributed by atoms with E-state index in [0.717, 1.165) is 45.2 Å². The molecule has 0 heterocycles. The zero-order valence-corrected chi connectivity index (χ0v) is 22.0. The molecule has 0 rings (SSSR count). The van der Waals surface area contributed by atoms with Gasteiger partial charge in [-0.05, 0) is 19.3 Å². The Labute approximate surface area is 200 Å². The number of carbonyl (C=O) groups is 2. The average molecular weight is 453 g/mol. The molecule has 0 aromatic heterocycles. The molecule has 2 N–H and O–H groups in total. The first-order valence-electron chi connectivity index (χ1n) is 14.1. The molecule has 0 bridgehead atoms. The van der Waals surface area contributed by atoms with Crippen LogP contribution < -0.4 is 5.73 Å². The summed E-state index contributed by atoms with van der Waals surface area (Å²) in [5, 5.41) is 0. The smallest absolute Gasteiger partial charge is 0.226 e. The van der Waals surface area contributed by atoms with E-state index in [0.29, 0.717) is 0 Å². The Morgan fingerprint density at radius 3 is 1.38 bits per heavy atom. The molecule has 0 radical (unpaired) electrons. The van der Waals surface area contributed by atoms with Gasteiger partial charge in [0.2, 0.25) is 11.8 Å². The zero-order chi connectivity index (χ0) is 23.9. The maximum absolute atomic E-state index is 13.3. The first kappa shape index (κ1) is 30.9. The van der Waals surface area contributed by atoms with Crippen LogP contribution in [0.1, 0.15) is 149 Å². The van der Waals surface area contributed by atoms with Crippen LogP contribution in [0.3, 0.4) is 0 Å². The third-order valence-corrected chi connectivity index (χ3v) is 6.58. The lowest BCUT2D eigenvalue weighted by atomic mass is 9.94. The lowest BCUT2D eigenvalue weighted by Gasteiger charge is -2.27. The number of carbonyl (C=O) groups excluding carboxylic acids is 2. The predicted octanol–water partition coefficient (Wildman–Crippen LogP) is 7.78. The molecule has 0 aliphatic carbocycles. The number of nitrogens with two attached hydrogens (primary N) is 1. The summed E-state index contributed by atoms with van der Waals surface area (Å²) in [7, 11) is 0. The Kier molecular flexibility index (Phi) is 22.3. The van der Waals surface area contributed by atoms with Crippen LogP contribution in [0.5, 0.6) is 0 Å². The Morgan fingerprint density at radius 2 is 0.969 bits per heavy atom. The largest absolute Gasteiger partial charge is 0.370 e. The number of hydrogen-bond acceptors (Lipinski definition) is 2. The second-order valence-electron chi connectivity index (χ2n) is 9.78. The van der Waals surface area contributed by atoms with Crippen LogP contribution in [0.4, 0.5) is 0 Å². The van der Waals surface area contributed by atoms with Crippen LogP contribution in [0.15, 0.2) is 0 Å². The number of rotatable bonds is 24. The molecule has 0 saturated heterocycles. The second-order valence-corrected chi connectivity index (χ2v) is 9.78. The lowest BCUT2D eigenvalue weighted by molar-refractivity contribution is -0.138. The van der Waals surface area contributed by atoms with E-state index >= 15 is 0 Å². The van der Waals surface area contributed by atoms with Crippen LogP contribution in [0.2, 0.25) is 0 Å². The minimum atomic E-state index is -0.340. The SMILES string of the molecule is CCCCCCCCCCCCC(CC(N)=O)C(=O)N(CCCCCC)CCCCCC. The summed E-state index contributed by atoms with van der Waals surface area (Å²) in [6, 6.07) is 0. The van der Waals surface area contributed by atoms with Crippen molar-refractivity contribution in [1.29, 1.82) is 0 Å². The number of nitrogens with zero attached hydrogens (tertiary/aromatic N) is 1. The van der Waals surface area contributed by atoms with Crippen LogP contribution in [-0.2, 0) is 9.59 Å². The Balaban J connectivity index is 4.46. The van der Waals surface area contributed by atoms with Gasteiger partial charge in [-0.1, -0.05) is 124 Å². The lowest BCUT2D eigenvalue weighted by Crippen LogP contribution is -2.39. The van der Waals surface area contributed by atoms with Crippen LogP contribution >= 0.6 is 0 Å². The van der Waals surface area contributed by atoms with Crippen molar-refractivity contribution in [1.82, 2.24) is 4.90 Å². The fraction of sp³-hybridized carbons (Fsp3) is 0.929. The maximum atomic E-state index is 13.3. The van der Waals surface area contributed by atoms with E-state index in [1.807, 2.05) is 0 Å². The fourth-order valence-electron chi connectivity index (χ4n) is 4.48. The van der Waals surface area contributed by atoms with Gasteiger partial charge in [-0.2, -0.15) is 0 Å². The van der Waals surface area contributed by atoms with Gasteiger partial charge in [0.05, 0.1) is 0 Å². The molecule has 0 fully saturated rings. The predicted molar refractivity (Wildman–Crippen MR) is 139 cm³/mol. The summed E-state index contributed by atoms with van der Waals surface area (Å²) in [6.45, 7) is 8.34. The molecule has 0 aromatic carbocycles. The van der Waals surface area contributed by atoms with E-state index in [2.05, 4.69) is 25.7 Å². The molecule has 0 aromatic rings. The number of unbranched alkanes of at least 4 members (excludes halogenated alkanes) is 15. The van der Waals surface area contributed by atoms with E-state index in [9.17, 15) is 9.59 Å². The summed E-state index contributed by atoms with van der Waals surface area (Å²) in [4.78, 5) is 27.0. The normalized spacial score (nSPS) is 12.1. The van der Waals surface area contributed by atoms with Crippen molar-refractivity contribution < 1.29 is 9.59 Å². The van der Waals surface area contributed by atoms with Gasteiger partial charge in [-0.25, -0.2) is 0 Å². The molecule has 190 valence electrons. The van der Waals surface area contributed by atoms with E-state index in [4.69, 9.17) is 5.73 Å². The van der Waals surface area contributed by atoms with Gasteiger partial charge in [-0.15, -0.1) is 0 Å². The van der Waals surface area contributed by atoms with Crippen LogP contribution in [-0.4, -0.2) is 29.8 Å². The second kappa shape index (κ2) is 23.1. The summed E-state index contributed by atoms with van der Waals surface area (Å²) in [5.74, 6) is -0.390. The Bertz CT molecular complexity index is 427. The van der Waals surface area contributed by atoms with Crippen molar-refractivity contribution in [3.05, 3.63) is 0 Å². The summed E-state index contributed by atoms with van der Waals surface area (Å²) in [5.41, 5.74) is 5.52. The van der Waals surface area contributed by atoms with Crippen molar-refractivity contribution >= 4 is 11.8 Å². The Morgan fingerprint density at radius 1 is 0.594 bits per heavy atom. The topological polar surface area (TPSA) is 63.4 Å². The molecule has 2 amide bonds. The highest BCUT2D eigenvalue weighted by atomic mass is 16.2. The van der Waals surface area contributed by atoms with Gasteiger partial charge in [-0.3, -0.25) is 9.59 Å². The zero-order valence-electron chi connectivity index (χ0n) is 22.0. The molecule has 4 nitrogen and oxygen atoms in total. The fourth-order valence-corrected chi connectivity index (χ4v) is 4.48. The molecule has 0 aliphatic rings. The van der Waals surface area contributed by atoms with E-state index in [-0.39, 0.29) is 24.2 Å². The average Bonchev–Trinajstić information content (AvgIpc) is 2.77. The first-order valence-corrected chi connectivity index (χ1v) is 14.1. The third kappa shape index (κ3) is 18.5. The third-order valence-electron chi connectivity index (χ3n) is 6.58. The maximum Gasteiger partial charge on any atom is 0.226 e.